The number of hydrogen-bond donors (Lipinski definition) is 1. The van der Waals surface area contributed by atoms with Crippen molar-refractivity contribution >= 4 is 50.6 Å². The SMILES string of the molecule is Cc1cccc(COc2ccc(/C=N/NC(=O)c3cc4cc(Cl)ccc4o3)cc2Br)c1. The molecule has 0 atom stereocenters. The number of carbonyl (C=O) groups is 1. The Morgan fingerprint density at radius 3 is 2.84 bits per heavy atom. The van der Waals surface area contributed by atoms with Gasteiger partial charge in [-0.2, -0.15) is 5.10 Å². The second-order valence-electron chi connectivity index (χ2n) is 6.96. The van der Waals surface area contributed by atoms with Crippen LogP contribution in [0.2, 0.25) is 5.02 Å². The van der Waals surface area contributed by atoms with E-state index in [0.717, 1.165) is 26.7 Å². The second kappa shape index (κ2) is 9.37. The Morgan fingerprint density at radius 1 is 1.16 bits per heavy atom. The number of furan rings is 1. The molecular weight excluding hydrogens is 480 g/mol. The van der Waals surface area contributed by atoms with Crippen LogP contribution in [0.15, 0.2) is 80.7 Å². The predicted molar refractivity (Wildman–Crippen MR) is 126 cm³/mol. The van der Waals surface area contributed by atoms with Gasteiger partial charge < -0.3 is 9.15 Å². The molecule has 0 unspecified atom stereocenters. The van der Waals surface area contributed by atoms with Gasteiger partial charge in [0.1, 0.15) is 17.9 Å². The molecule has 0 spiro atoms. The van der Waals surface area contributed by atoms with E-state index in [1.54, 1.807) is 30.5 Å². The highest BCUT2D eigenvalue weighted by molar-refractivity contribution is 9.10. The summed E-state index contributed by atoms with van der Waals surface area (Å²) in [6.45, 7) is 2.53. The number of carbonyl (C=O) groups excluding carboxylic acids is 1. The lowest BCUT2D eigenvalue weighted by Crippen LogP contribution is -2.16. The standard InChI is InChI=1S/C24H18BrClN2O3/c1-15-3-2-4-17(9-15)14-30-22-7-5-16(10-20(22)25)13-27-28-24(29)23-12-18-11-19(26)6-8-21(18)31-23/h2-13H,14H2,1H3,(H,28,29)/b27-13+. The first-order chi connectivity index (χ1) is 15.0. The Morgan fingerprint density at radius 2 is 2.03 bits per heavy atom. The van der Waals surface area contributed by atoms with Crippen molar-refractivity contribution in [1.29, 1.82) is 0 Å². The molecule has 4 aromatic rings. The van der Waals surface area contributed by atoms with Crippen LogP contribution in [0.1, 0.15) is 27.2 Å². The topological polar surface area (TPSA) is 63.8 Å². The number of benzene rings is 3. The molecule has 31 heavy (non-hydrogen) atoms. The van der Waals surface area contributed by atoms with Crippen LogP contribution >= 0.6 is 27.5 Å². The molecule has 156 valence electrons. The van der Waals surface area contributed by atoms with E-state index < -0.39 is 5.91 Å². The van der Waals surface area contributed by atoms with Gasteiger partial charge in [0.05, 0.1) is 10.7 Å². The number of hydrogen-bond acceptors (Lipinski definition) is 4. The third kappa shape index (κ3) is 5.34. The van der Waals surface area contributed by atoms with Crippen LogP contribution in [0.5, 0.6) is 5.75 Å². The maximum Gasteiger partial charge on any atom is 0.307 e. The van der Waals surface area contributed by atoms with E-state index in [1.807, 2.05) is 30.3 Å². The lowest BCUT2D eigenvalue weighted by molar-refractivity contribution is 0.0929. The summed E-state index contributed by atoms with van der Waals surface area (Å²) in [6, 6.07) is 20.6. The molecule has 0 fully saturated rings. The molecule has 0 saturated heterocycles. The number of hydrazone groups is 1. The summed E-state index contributed by atoms with van der Waals surface area (Å²) in [5.74, 6) is 0.444. The first-order valence-corrected chi connectivity index (χ1v) is 10.7. The van der Waals surface area contributed by atoms with E-state index in [0.29, 0.717) is 17.2 Å². The molecule has 0 radical (unpaired) electrons. The van der Waals surface area contributed by atoms with Crippen molar-refractivity contribution in [3.63, 3.8) is 0 Å². The molecule has 7 heteroatoms. The average Bonchev–Trinajstić information content (AvgIpc) is 3.16. The van der Waals surface area contributed by atoms with Crippen molar-refractivity contribution in [1.82, 2.24) is 5.43 Å². The fraction of sp³-hybridized carbons (Fsp3) is 0.0833. The Labute approximate surface area is 192 Å². The van der Waals surface area contributed by atoms with E-state index in [2.05, 4.69) is 45.5 Å². The zero-order chi connectivity index (χ0) is 21.8. The zero-order valence-electron chi connectivity index (χ0n) is 16.6. The number of halogens is 2. The quantitative estimate of drug-likeness (QED) is 0.244. The molecule has 0 bridgehead atoms. The number of aryl methyl sites for hydroxylation is 1. The largest absolute Gasteiger partial charge is 0.488 e. The van der Waals surface area contributed by atoms with Crippen LogP contribution in [-0.2, 0) is 6.61 Å². The van der Waals surface area contributed by atoms with Crippen LogP contribution < -0.4 is 10.2 Å². The van der Waals surface area contributed by atoms with Crippen molar-refractivity contribution in [3.05, 3.63) is 98.7 Å². The van der Waals surface area contributed by atoms with Gasteiger partial charge in [0.25, 0.3) is 0 Å². The molecule has 4 rings (SSSR count). The molecule has 1 heterocycles. The minimum atomic E-state index is -0.444. The summed E-state index contributed by atoms with van der Waals surface area (Å²) < 4.78 is 12.2. The minimum absolute atomic E-state index is 0.162. The Kier molecular flexibility index (Phi) is 6.39. The highest BCUT2D eigenvalue weighted by atomic mass is 79.9. The average molecular weight is 498 g/mol. The van der Waals surface area contributed by atoms with Crippen LogP contribution in [-0.4, -0.2) is 12.1 Å². The fourth-order valence-electron chi connectivity index (χ4n) is 3.02. The van der Waals surface area contributed by atoms with Gasteiger partial charge in [-0.3, -0.25) is 4.79 Å². The fourth-order valence-corrected chi connectivity index (χ4v) is 3.72. The van der Waals surface area contributed by atoms with Crippen molar-refractivity contribution < 1.29 is 13.9 Å². The molecular formula is C24H18BrClN2O3. The van der Waals surface area contributed by atoms with Gasteiger partial charge in [0.2, 0.25) is 0 Å². The van der Waals surface area contributed by atoms with Crippen molar-refractivity contribution in [3.8, 4) is 5.75 Å². The molecule has 1 N–H and O–H groups in total. The second-order valence-corrected chi connectivity index (χ2v) is 8.25. The Balaban J connectivity index is 1.37. The molecule has 0 aliphatic rings. The highest BCUT2D eigenvalue weighted by Crippen LogP contribution is 2.26. The summed E-state index contributed by atoms with van der Waals surface area (Å²) >= 11 is 9.48. The number of amides is 1. The molecule has 3 aromatic carbocycles. The van der Waals surface area contributed by atoms with E-state index in [4.69, 9.17) is 20.8 Å². The van der Waals surface area contributed by atoms with E-state index in [-0.39, 0.29) is 5.76 Å². The monoisotopic (exact) mass is 496 g/mol. The molecule has 0 aliphatic heterocycles. The van der Waals surface area contributed by atoms with E-state index >= 15 is 0 Å². The van der Waals surface area contributed by atoms with E-state index in [9.17, 15) is 4.79 Å². The number of rotatable bonds is 6. The van der Waals surface area contributed by atoms with Crippen molar-refractivity contribution in [2.75, 3.05) is 0 Å². The lowest BCUT2D eigenvalue weighted by Gasteiger charge is -2.09. The third-order valence-electron chi connectivity index (χ3n) is 4.51. The Bertz CT molecular complexity index is 1280. The molecule has 1 amide bonds. The van der Waals surface area contributed by atoms with Gasteiger partial charge in [-0.05, 0) is 76.4 Å². The summed E-state index contributed by atoms with van der Waals surface area (Å²) in [6.07, 6.45) is 1.55. The maximum absolute atomic E-state index is 12.3. The zero-order valence-corrected chi connectivity index (χ0v) is 18.9. The molecule has 5 nitrogen and oxygen atoms in total. The summed E-state index contributed by atoms with van der Waals surface area (Å²) in [5, 5.41) is 5.34. The van der Waals surface area contributed by atoms with Gasteiger partial charge in [0.15, 0.2) is 5.76 Å². The maximum atomic E-state index is 12.3. The van der Waals surface area contributed by atoms with E-state index in [1.165, 1.54) is 5.56 Å². The van der Waals surface area contributed by atoms with Crippen LogP contribution in [0, 0.1) is 6.92 Å². The lowest BCUT2D eigenvalue weighted by atomic mass is 10.1. The molecule has 0 saturated carbocycles. The first kappa shape index (κ1) is 21.2. The third-order valence-corrected chi connectivity index (χ3v) is 5.37. The van der Waals surface area contributed by atoms with Crippen LogP contribution in [0.25, 0.3) is 11.0 Å². The highest BCUT2D eigenvalue weighted by Gasteiger charge is 2.11. The van der Waals surface area contributed by atoms with Gasteiger partial charge in [-0.25, -0.2) is 5.43 Å². The number of fused-ring (bicyclic) bond motifs is 1. The Hall–Kier alpha value is -3.09. The van der Waals surface area contributed by atoms with Crippen molar-refractivity contribution in [2.24, 2.45) is 5.10 Å². The molecule has 0 aliphatic carbocycles. The number of ether oxygens (including phenoxy) is 1. The minimum Gasteiger partial charge on any atom is -0.488 e. The van der Waals surface area contributed by atoms with Gasteiger partial charge in [0, 0.05) is 10.4 Å². The van der Waals surface area contributed by atoms with Crippen LogP contribution in [0.3, 0.4) is 0 Å². The number of nitrogens with zero attached hydrogens (tertiary/aromatic N) is 1. The van der Waals surface area contributed by atoms with Crippen molar-refractivity contribution in [2.45, 2.75) is 13.5 Å². The molecule has 1 aromatic heterocycles. The summed E-state index contributed by atoms with van der Waals surface area (Å²) in [5.41, 5.74) is 6.15. The normalized spacial score (nSPS) is 11.2. The number of nitrogens with one attached hydrogen (secondary N) is 1. The van der Waals surface area contributed by atoms with Crippen LogP contribution in [0.4, 0.5) is 0 Å². The predicted octanol–water partition coefficient (Wildman–Crippen LogP) is 6.50. The first-order valence-electron chi connectivity index (χ1n) is 9.48. The van der Waals surface area contributed by atoms with Gasteiger partial charge >= 0.3 is 5.91 Å². The summed E-state index contributed by atoms with van der Waals surface area (Å²) in [4.78, 5) is 12.3. The smallest absolute Gasteiger partial charge is 0.307 e. The van der Waals surface area contributed by atoms with Gasteiger partial charge in [-0.15, -0.1) is 0 Å². The van der Waals surface area contributed by atoms with Gasteiger partial charge in [-0.1, -0.05) is 41.4 Å². The summed E-state index contributed by atoms with van der Waals surface area (Å²) in [7, 11) is 0.